The van der Waals surface area contributed by atoms with E-state index in [0.717, 1.165) is 0 Å². The highest BCUT2D eigenvalue weighted by Crippen LogP contribution is 2.28. The lowest BCUT2D eigenvalue weighted by Crippen LogP contribution is -2.13. The molecule has 0 saturated carbocycles. The van der Waals surface area contributed by atoms with Crippen LogP contribution in [0.4, 0.5) is 11.4 Å². The van der Waals surface area contributed by atoms with Crippen molar-refractivity contribution >= 4 is 44.8 Å². The summed E-state index contributed by atoms with van der Waals surface area (Å²) in [6.45, 7) is 0. The SMILES string of the molecule is COc1ccc(Br)c(C(=O)Nc2ccc(Cl)c([N+](=O)[O-])c2)c1. The van der Waals surface area contributed by atoms with Gasteiger partial charge in [0.25, 0.3) is 11.6 Å². The summed E-state index contributed by atoms with van der Waals surface area (Å²) in [5.74, 6) is 0.0952. The van der Waals surface area contributed by atoms with E-state index in [2.05, 4.69) is 21.2 Å². The second kappa shape index (κ2) is 6.76. The number of ether oxygens (including phenoxy) is 1. The van der Waals surface area contributed by atoms with E-state index in [-0.39, 0.29) is 16.4 Å². The minimum Gasteiger partial charge on any atom is -0.497 e. The average molecular weight is 386 g/mol. The predicted octanol–water partition coefficient (Wildman–Crippen LogP) is 4.27. The van der Waals surface area contributed by atoms with Crippen LogP contribution in [0.5, 0.6) is 5.75 Å². The van der Waals surface area contributed by atoms with Crippen molar-refractivity contribution in [2.45, 2.75) is 0 Å². The molecule has 2 aromatic carbocycles. The fourth-order valence-corrected chi connectivity index (χ4v) is 2.35. The molecule has 0 atom stereocenters. The first kappa shape index (κ1) is 16.3. The summed E-state index contributed by atoms with van der Waals surface area (Å²) in [6.07, 6.45) is 0. The Hall–Kier alpha value is -2.12. The molecule has 0 heterocycles. The van der Waals surface area contributed by atoms with E-state index in [4.69, 9.17) is 16.3 Å². The molecule has 0 saturated heterocycles. The molecule has 0 unspecified atom stereocenters. The summed E-state index contributed by atoms with van der Waals surface area (Å²) in [6, 6.07) is 8.99. The first-order valence-electron chi connectivity index (χ1n) is 6.01. The second-order valence-corrected chi connectivity index (χ2v) is 5.48. The molecule has 1 amide bonds. The molecule has 8 heteroatoms. The largest absolute Gasteiger partial charge is 0.497 e. The highest BCUT2D eigenvalue weighted by Gasteiger charge is 2.16. The van der Waals surface area contributed by atoms with Gasteiger partial charge in [0.05, 0.1) is 17.6 Å². The van der Waals surface area contributed by atoms with Crippen LogP contribution in [0.25, 0.3) is 0 Å². The van der Waals surface area contributed by atoms with Crippen LogP contribution >= 0.6 is 27.5 Å². The van der Waals surface area contributed by atoms with Gasteiger partial charge in [0.1, 0.15) is 10.8 Å². The summed E-state index contributed by atoms with van der Waals surface area (Å²) < 4.78 is 5.65. The van der Waals surface area contributed by atoms with E-state index < -0.39 is 10.8 Å². The zero-order chi connectivity index (χ0) is 16.3. The molecule has 2 rings (SSSR count). The van der Waals surface area contributed by atoms with E-state index in [1.54, 1.807) is 18.2 Å². The third kappa shape index (κ3) is 3.55. The van der Waals surface area contributed by atoms with Gasteiger partial charge in [-0.2, -0.15) is 0 Å². The molecular formula is C14H10BrClN2O4. The van der Waals surface area contributed by atoms with E-state index in [0.29, 0.717) is 15.8 Å². The molecule has 2 aromatic rings. The van der Waals surface area contributed by atoms with Gasteiger partial charge in [-0.3, -0.25) is 14.9 Å². The maximum atomic E-state index is 12.3. The number of benzene rings is 2. The molecule has 0 radical (unpaired) electrons. The molecule has 114 valence electrons. The van der Waals surface area contributed by atoms with Gasteiger partial charge in [-0.15, -0.1) is 0 Å². The maximum Gasteiger partial charge on any atom is 0.289 e. The van der Waals surface area contributed by atoms with Crippen LogP contribution in [0.1, 0.15) is 10.4 Å². The lowest BCUT2D eigenvalue weighted by Gasteiger charge is -2.09. The molecule has 0 aliphatic heterocycles. The summed E-state index contributed by atoms with van der Waals surface area (Å²) in [5.41, 5.74) is 0.344. The highest BCUT2D eigenvalue weighted by atomic mass is 79.9. The van der Waals surface area contributed by atoms with Crippen molar-refractivity contribution in [1.29, 1.82) is 0 Å². The lowest BCUT2D eigenvalue weighted by atomic mass is 10.2. The Labute approximate surface area is 139 Å². The van der Waals surface area contributed by atoms with Crippen molar-refractivity contribution < 1.29 is 14.5 Å². The number of nitro benzene ring substituents is 1. The maximum absolute atomic E-state index is 12.3. The van der Waals surface area contributed by atoms with Crippen LogP contribution in [0.3, 0.4) is 0 Å². The van der Waals surface area contributed by atoms with Crippen LogP contribution < -0.4 is 10.1 Å². The van der Waals surface area contributed by atoms with Crippen LogP contribution in [-0.2, 0) is 0 Å². The van der Waals surface area contributed by atoms with Crippen molar-refractivity contribution in [2.24, 2.45) is 0 Å². The predicted molar refractivity (Wildman–Crippen MR) is 86.8 cm³/mol. The zero-order valence-corrected chi connectivity index (χ0v) is 13.6. The second-order valence-electron chi connectivity index (χ2n) is 4.22. The number of nitro groups is 1. The quantitative estimate of drug-likeness (QED) is 0.629. The Kier molecular flexibility index (Phi) is 4.99. The van der Waals surface area contributed by atoms with Crippen molar-refractivity contribution in [2.75, 3.05) is 12.4 Å². The first-order chi connectivity index (χ1) is 10.4. The fraction of sp³-hybridized carbons (Fsp3) is 0.0714. The van der Waals surface area contributed by atoms with Gasteiger partial charge >= 0.3 is 0 Å². The summed E-state index contributed by atoms with van der Waals surface area (Å²) in [4.78, 5) is 22.5. The van der Waals surface area contributed by atoms with Crippen LogP contribution in [0.15, 0.2) is 40.9 Å². The van der Waals surface area contributed by atoms with Gasteiger partial charge in [-0.05, 0) is 46.3 Å². The molecule has 0 spiro atoms. The minimum atomic E-state index is -0.612. The van der Waals surface area contributed by atoms with Crippen molar-refractivity contribution in [1.82, 2.24) is 0 Å². The van der Waals surface area contributed by atoms with Gasteiger partial charge in [0.15, 0.2) is 0 Å². The molecule has 22 heavy (non-hydrogen) atoms. The van der Waals surface area contributed by atoms with Gasteiger partial charge in [0.2, 0.25) is 0 Å². The van der Waals surface area contributed by atoms with Crippen molar-refractivity contribution in [3.8, 4) is 5.75 Å². The number of carbonyl (C=O) groups excluding carboxylic acids is 1. The Balaban J connectivity index is 2.29. The highest BCUT2D eigenvalue weighted by molar-refractivity contribution is 9.10. The van der Waals surface area contributed by atoms with Crippen LogP contribution in [0, 0.1) is 10.1 Å². The summed E-state index contributed by atoms with van der Waals surface area (Å²) in [7, 11) is 1.49. The standard InChI is InChI=1S/C14H10BrClN2O4/c1-22-9-3-4-11(15)10(7-9)14(19)17-8-2-5-12(16)13(6-8)18(20)21/h2-7H,1H3,(H,17,19). The number of anilines is 1. The molecule has 0 fully saturated rings. The Morgan fingerprint density at radius 2 is 2.05 bits per heavy atom. The Morgan fingerprint density at radius 3 is 2.68 bits per heavy atom. The van der Waals surface area contributed by atoms with Gasteiger partial charge in [-0.25, -0.2) is 0 Å². The van der Waals surface area contributed by atoms with E-state index in [9.17, 15) is 14.9 Å². The van der Waals surface area contributed by atoms with E-state index >= 15 is 0 Å². The van der Waals surface area contributed by atoms with Crippen LogP contribution in [0.2, 0.25) is 5.02 Å². The van der Waals surface area contributed by atoms with E-state index in [1.807, 2.05) is 0 Å². The normalized spacial score (nSPS) is 10.1. The third-order valence-electron chi connectivity index (χ3n) is 2.82. The number of nitrogens with zero attached hydrogens (tertiary/aromatic N) is 1. The smallest absolute Gasteiger partial charge is 0.289 e. The minimum absolute atomic E-state index is 0.00515. The third-order valence-corrected chi connectivity index (χ3v) is 3.83. The van der Waals surface area contributed by atoms with Gasteiger partial charge < -0.3 is 10.1 Å². The molecule has 0 aliphatic carbocycles. The van der Waals surface area contributed by atoms with Crippen molar-refractivity contribution in [3.63, 3.8) is 0 Å². The number of carbonyl (C=O) groups is 1. The molecule has 1 N–H and O–H groups in total. The van der Waals surface area contributed by atoms with Gasteiger partial charge in [-0.1, -0.05) is 11.6 Å². The van der Waals surface area contributed by atoms with Crippen LogP contribution in [-0.4, -0.2) is 17.9 Å². The topological polar surface area (TPSA) is 81.5 Å². The number of rotatable bonds is 4. The summed E-state index contributed by atoms with van der Waals surface area (Å²) in [5, 5.41) is 13.4. The Bertz CT molecular complexity index is 752. The molecular weight excluding hydrogens is 376 g/mol. The number of methoxy groups -OCH3 is 1. The zero-order valence-electron chi connectivity index (χ0n) is 11.3. The van der Waals surface area contributed by atoms with Crippen molar-refractivity contribution in [3.05, 3.63) is 61.6 Å². The number of hydrogen-bond acceptors (Lipinski definition) is 4. The number of halogens is 2. The van der Waals surface area contributed by atoms with Gasteiger partial charge in [0, 0.05) is 16.2 Å². The lowest BCUT2D eigenvalue weighted by molar-refractivity contribution is -0.384. The number of amides is 1. The fourth-order valence-electron chi connectivity index (χ4n) is 1.73. The Morgan fingerprint density at radius 1 is 1.32 bits per heavy atom. The summed E-state index contributed by atoms with van der Waals surface area (Å²) >= 11 is 9.01. The van der Waals surface area contributed by atoms with E-state index in [1.165, 1.54) is 25.3 Å². The molecule has 0 aromatic heterocycles. The number of nitrogens with one attached hydrogen (secondary N) is 1. The average Bonchev–Trinajstić information content (AvgIpc) is 2.49. The first-order valence-corrected chi connectivity index (χ1v) is 7.18. The molecule has 0 aliphatic rings. The monoisotopic (exact) mass is 384 g/mol. The molecule has 6 nitrogen and oxygen atoms in total. The molecule has 0 bridgehead atoms. The number of hydrogen-bond donors (Lipinski definition) is 1.